The van der Waals surface area contributed by atoms with E-state index in [4.69, 9.17) is 10.9 Å². The first-order valence-corrected chi connectivity index (χ1v) is 5.14. The van der Waals surface area contributed by atoms with Crippen LogP contribution in [0.25, 0.3) is 0 Å². The van der Waals surface area contributed by atoms with Gasteiger partial charge >= 0.3 is 6.03 Å². The molecule has 1 rings (SSSR count). The van der Waals surface area contributed by atoms with Crippen LogP contribution in [0.15, 0.2) is 11.4 Å². The second kappa shape index (κ2) is 5.73. The molecule has 0 aliphatic rings. The minimum Gasteiger partial charge on any atom is -0.409 e. The third-order valence-electron chi connectivity index (χ3n) is 2.09. The summed E-state index contributed by atoms with van der Waals surface area (Å²) in [7, 11) is 1.64. The number of hydrogen-bond donors (Lipinski definition) is 4. The Bertz CT molecular complexity index is 425. The normalized spacial score (nSPS) is 11.3. The van der Waals surface area contributed by atoms with Gasteiger partial charge in [0.1, 0.15) is 5.82 Å². The van der Waals surface area contributed by atoms with Gasteiger partial charge in [-0.05, 0) is 6.42 Å². The molecule has 0 aromatic carbocycles. The van der Waals surface area contributed by atoms with E-state index in [2.05, 4.69) is 20.9 Å². The van der Waals surface area contributed by atoms with Gasteiger partial charge in [0.2, 0.25) is 0 Å². The molecule has 8 heteroatoms. The summed E-state index contributed by atoms with van der Waals surface area (Å²) in [4.78, 5) is 11.5. The lowest BCUT2D eigenvalue weighted by Crippen LogP contribution is -2.31. The predicted molar refractivity (Wildman–Crippen MR) is 63.0 cm³/mol. The van der Waals surface area contributed by atoms with Gasteiger partial charge in [-0.2, -0.15) is 5.10 Å². The van der Waals surface area contributed by atoms with Crippen molar-refractivity contribution in [1.29, 1.82) is 0 Å². The highest BCUT2D eigenvalue weighted by molar-refractivity contribution is 6.04. The third-order valence-corrected chi connectivity index (χ3v) is 2.09. The molecule has 2 amide bonds. The first-order chi connectivity index (χ1) is 8.10. The van der Waals surface area contributed by atoms with E-state index < -0.39 is 0 Å². The minimum atomic E-state index is -0.359. The van der Waals surface area contributed by atoms with Crippen LogP contribution >= 0.6 is 0 Å². The van der Waals surface area contributed by atoms with Crippen LogP contribution in [0.4, 0.5) is 10.6 Å². The number of aryl methyl sites for hydroxylation is 1. The Morgan fingerprint density at radius 3 is 3.00 bits per heavy atom. The summed E-state index contributed by atoms with van der Waals surface area (Å²) in [6.07, 6.45) is 2.25. The van der Waals surface area contributed by atoms with Crippen LogP contribution in [0.3, 0.4) is 0 Å². The Hall–Kier alpha value is -2.25. The fourth-order valence-electron chi connectivity index (χ4n) is 1.22. The van der Waals surface area contributed by atoms with Crippen LogP contribution in [-0.2, 0) is 7.05 Å². The number of hydrogen-bond acceptors (Lipinski definition) is 4. The quantitative estimate of drug-likeness (QED) is 0.257. The summed E-state index contributed by atoms with van der Waals surface area (Å²) >= 11 is 0. The SMILES string of the molecule is CCCNC(=O)Nc1c(/C(N)=N/O)cnn1C. The van der Waals surface area contributed by atoms with E-state index in [1.54, 1.807) is 7.05 Å². The van der Waals surface area contributed by atoms with Crippen LogP contribution in [0.2, 0.25) is 0 Å². The van der Waals surface area contributed by atoms with Gasteiger partial charge in [0.15, 0.2) is 5.84 Å². The van der Waals surface area contributed by atoms with Gasteiger partial charge in [-0.3, -0.25) is 10.00 Å². The summed E-state index contributed by atoms with van der Waals surface area (Å²) in [6, 6.07) is -0.359. The van der Waals surface area contributed by atoms with E-state index in [-0.39, 0.29) is 11.9 Å². The molecule has 0 saturated carbocycles. The zero-order valence-electron chi connectivity index (χ0n) is 9.77. The highest BCUT2D eigenvalue weighted by atomic mass is 16.4. The lowest BCUT2D eigenvalue weighted by atomic mass is 10.3. The molecule has 5 N–H and O–H groups in total. The summed E-state index contributed by atoms with van der Waals surface area (Å²) in [5.74, 6) is 0.262. The second-order valence-corrected chi connectivity index (χ2v) is 3.40. The lowest BCUT2D eigenvalue weighted by molar-refractivity contribution is 0.252. The molecule has 0 aliphatic heterocycles. The average molecular weight is 240 g/mol. The first kappa shape index (κ1) is 12.8. The van der Waals surface area contributed by atoms with Crippen molar-refractivity contribution in [3.8, 4) is 0 Å². The number of rotatable bonds is 4. The number of carbonyl (C=O) groups excluding carboxylic acids is 1. The van der Waals surface area contributed by atoms with Crippen LogP contribution in [0.5, 0.6) is 0 Å². The Labute approximate surface area is 98.5 Å². The number of carbonyl (C=O) groups is 1. The van der Waals surface area contributed by atoms with Crippen molar-refractivity contribution < 1.29 is 10.0 Å². The Kier molecular flexibility index (Phi) is 4.32. The van der Waals surface area contributed by atoms with E-state index in [1.807, 2.05) is 6.92 Å². The van der Waals surface area contributed by atoms with Gasteiger partial charge < -0.3 is 16.3 Å². The van der Waals surface area contributed by atoms with Crippen molar-refractivity contribution in [3.05, 3.63) is 11.8 Å². The number of oxime groups is 1. The lowest BCUT2D eigenvalue weighted by Gasteiger charge is -2.08. The van der Waals surface area contributed by atoms with Crippen molar-refractivity contribution in [3.63, 3.8) is 0 Å². The monoisotopic (exact) mass is 240 g/mol. The molecule has 0 fully saturated rings. The van der Waals surface area contributed by atoms with Gasteiger partial charge in [-0.25, -0.2) is 4.79 Å². The molecule has 0 bridgehead atoms. The zero-order chi connectivity index (χ0) is 12.8. The highest BCUT2D eigenvalue weighted by Gasteiger charge is 2.14. The van der Waals surface area contributed by atoms with E-state index in [0.29, 0.717) is 17.9 Å². The number of anilines is 1. The molecular weight excluding hydrogens is 224 g/mol. The van der Waals surface area contributed by atoms with Gasteiger partial charge in [-0.1, -0.05) is 12.1 Å². The fraction of sp³-hybridized carbons (Fsp3) is 0.444. The molecule has 0 atom stereocenters. The topological polar surface area (TPSA) is 118 Å². The van der Waals surface area contributed by atoms with Gasteiger partial charge in [-0.15, -0.1) is 0 Å². The van der Waals surface area contributed by atoms with Crippen LogP contribution in [-0.4, -0.2) is 33.4 Å². The number of nitrogens with one attached hydrogen (secondary N) is 2. The molecule has 0 aliphatic carbocycles. The number of amidine groups is 1. The molecular formula is C9H16N6O2. The third kappa shape index (κ3) is 3.10. The highest BCUT2D eigenvalue weighted by Crippen LogP contribution is 2.13. The first-order valence-electron chi connectivity index (χ1n) is 5.14. The van der Waals surface area contributed by atoms with E-state index in [9.17, 15) is 4.79 Å². The maximum Gasteiger partial charge on any atom is 0.320 e. The van der Waals surface area contributed by atoms with Crippen molar-refractivity contribution in [1.82, 2.24) is 15.1 Å². The summed E-state index contributed by atoms with van der Waals surface area (Å²) in [5, 5.41) is 20.6. The predicted octanol–water partition coefficient (Wildman–Crippen LogP) is 0.0461. The maximum atomic E-state index is 11.5. The van der Waals surface area contributed by atoms with Crippen molar-refractivity contribution >= 4 is 17.7 Å². The maximum absolute atomic E-state index is 11.5. The Balaban J connectivity index is 2.83. The van der Waals surface area contributed by atoms with Crippen molar-refractivity contribution in [2.45, 2.75) is 13.3 Å². The van der Waals surface area contributed by atoms with Crippen LogP contribution < -0.4 is 16.4 Å². The van der Waals surface area contributed by atoms with Crippen LogP contribution in [0, 0.1) is 0 Å². The van der Waals surface area contributed by atoms with E-state index in [0.717, 1.165) is 6.42 Å². The average Bonchev–Trinajstić information content (AvgIpc) is 2.67. The summed E-state index contributed by atoms with van der Waals surface area (Å²) < 4.78 is 1.43. The zero-order valence-corrected chi connectivity index (χ0v) is 9.77. The molecule has 8 nitrogen and oxygen atoms in total. The molecule has 94 valence electrons. The minimum absolute atomic E-state index is 0.108. The van der Waals surface area contributed by atoms with Gasteiger partial charge in [0.05, 0.1) is 11.8 Å². The molecule has 1 heterocycles. The molecule has 17 heavy (non-hydrogen) atoms. The smallest absolute Gasteiger partial charge is 0.320 e. The Morgan fingerprint density at radius 2 is 2.41 bits per heavy atom. The standard InChI is InChI=1S/C9H16N6O2/c1-3-4-11-9(16)13-8-6(7(10)14-17)5-12-15(8)2/h5,17H,3-4H2,1-2H3,(H2,10,14)(H2,11,13,16). The molecule has 1 aromatic heterocycles. The van der Waals surface area contributed by atoms with Crippen LogP contribution in [0.1, 0.15) is 18.9 Å². The van der Waals surface area contributed by atoms with Gasteiger partial charge in [0, 0.05) is 13.6 Å². The molecule has 1 aromatic rings. The summed E-state index contributed by atoms with van der Waals surface area (Å²) in [5.41, 5.74) is 5.82. The van der Waals surface area contributed by atoms with E-state index >= 15 is 0 Å². The fourth-order valence-corrected chi connectivity index (χ4v) is 1.22. The number of nitrogens with zero attached hydrogens (tertiary/aromatic N) is 3. The number of amides is 2. The summed E-state index contributed by atoms with van der Waals surface area (Å²) in [6.45, 7) is 2.52. The second-order valence-electron chi connectivity index (χ2n) is 3.40. The largest absolute Gasteiger partial charge is 0.409 e. The molecule has 0 spiro atoms. The molecule has 0 saturated heterocycles. The number of aromatic nitrogens is 2. The molecule has 0 unspecified atom stereocenters. The van der Waals surface area contributed by atoms with Gasteiger partial charge in [0.25, 0.3) is 0 Å². The number of nitrogens with two attached hydrogens (primary N) is 1. The van der Waals surface area contributed by atoms with Crippen molar-refractivity contribution in [2.24, 2.45) is 17.9 Å². The van der Waals surface area contributed by atoms with E-state index in [1.165, 1.54) is 10.9 Å². The Morgan fingerprint density at radius 1 is 1.71 bits per heavy atom. The number of urea groups is 1. The van der Waals surface area contributed by atoms with Crippen molar-refractivity contribution in [2.75, 3.05) is 11.9 Å². The molecule has 0 radical (unpaired) electrons.